The van der Waals surface area contributed by atoms with E-state index in [9.17, 15) is 8.78 Å². The highest BCUT2D eigenvalue weighted by molar-refractivity contribution is 9.10. The van der Waals surface area contributed by atoms with Crippen LogP contribution in [-0.2, 0) is 6.42 Å². The summed E-state index contributed by atoms with van der Waals surface area (Å²) >= 11 is 5.04. The summed E-state index contributed by atoms with van der Waals surface area (Å²) in [6.45, 7) is 0. The van der Waals surface area contributed by atoms with Crippen LogP contribution in [0.2, 0.25) is 0 Å². The number of hydrogen-bond acceptors (Lipinski definition) is 2. The molecule has 96 valence electrons. The van der Waals surface area contributed by atoms with Crippen molar-refractivity contribution in [2.75, 3.05) is 7.05 Å². The van der Waals surface area contributed by atoms with Gasteiger partial charge in [0.05, 0.1) is 0 Å². The van der Waals surface area contributed by atoms with Crippen molar-refractivity contribution in [3.05, 3.63) is 56.2 Å². The largest absolute Gasteiger partial charge is 0.313 e. The fraction of sp³-hybridized carbons (Fsp3) is 0.231. The standard InChI is InChI=1S/C13H12BrF2NS/c1-17-12(7-13-10(14)4-5-18-13)9-6-8(15)2-3-11(9)16/h2-6,12,17H,7H2,1H3. The molecule has 1 unspecified atom stereocenters. The minimum atomic E-state index is -0.420. The van der Waals surface area contributed by atoms with Crippen molar-refractivity contribution < 1.29 is 8.78 Å². The molecule has 0 aliphatic carbocycles. The van der Waals surface area contributed by atoms with Crippen LogP contribution in [0.5, 0.6) is 0 Å². The Hall–Kier alpha value is -0.780. The highest BCUT2D eigenvalue weighted by atomic mass is 79.9. The maximum Gasteiger partial charge on any atom is 0.128 e. The Kier molecular flexibility index (Phi) is 4.48. The van der Waals surface area contributed by atoms with Gasteiger partial charge in [0, 0.05) is 27.4 Å². The number of likely N-dealkylation sites (N-methyl/N-ethyl adjacent to an activating group) is 1. The van der Waals surface area contributed by atoms with E-state index in [0.29, 0.717) is 12.0 Å². The molecule has 18 heavy (non-hydrogen) atoms. The molecule has 1 heterocycles. The minimum Gasteiger partial charge on any atom is -0.313 e. The van der Waals surface area contributed by atoms with Crippen molar-refractivity contribution in [3.63, 3.8) is 0 Å². The van der Waals surface area contributed by atoms with E-state index < -0.39 is 5.82 Å². The fourth-order valence-corrected chi connectivity index (χ4v) is 3.37. The van der Waals surface area contributed by atoms with Crippen molar-refractivity contribution in [1.29, 1.82) is 0 Å². The van der Waals surface area contributed by atoms with E-state index >= 15 is 0 Å². The van der Waals surface area contributed by atoms with Gasteiger partial charge in [0.25, 0.3) is 0 Å². The first-order valence-electron chi connectivity index (χ1n) is 5.46. The molecule has 0 fully saturated rings. The zero-order valence-corrected chi connectivity index (χ0v) is 12.1. The summed E-state index contributed by atoms with van der Waals surface area (Å²) in [5, 5.41) is 5.00. The Bertz CT molecular complexity index is 542. The summed E-state index contributed by atoms with van der Waals surface area (Å²) in [5.41, 5.74) is 0.359. The van der Waals surface area contributed by atoms with Crippen molar-refractivity contribution in [2.45, 2.75) is 12.5 Å². The number of benzene rings is 1. The van der Waals surface area contributed by atoms with Gasteiger partial charge in [0.1, 0.15) is 11.6 Å². The van der Waals surface area contributed by atoms with Crippen LogP contribution in [-0.4, -0.2) is 7.05 Å². The van der Waals surface area contributed by atoms with Crippen LogP contribution in [0.15, 0.2) is 34.1 Å². The Morgan fingerprint density at radius 3 is 2.72 bits per heavy atom. The van der Waals surface area contributed by atoms with E-state index in [1.165, 1.54) is 12.1 Å². The topological polar surface area (TPSA) is 12.0 Å². The lowest BCUT2D eigenvalue weighted by atomic mass is 10.0. The Labute approximate surface area is 117 Å². The van der Waals surface area contributed by atoms with Crippen LogP contribution >= 0.6 is 27.3 Å². The van der Waals surface area contributed by atoms with Gasteiger partial charge >= 0.3 is 0 Å². The zero-order valence-electron chi connectivity index (χ0n) is 9.71. The van der Waals surface area contributed by atoms with Crippen molar-refractivity contribution in [3.8, 4) is 0 Å². The van der Waals surface area contributed by atoms with Gasteiger partial charge in [-0.2, -0.15) is 0 Å². The molecule has 0 bridgehead atoms. The molecule has 2 rings (SSSR count). The van der Waals surface area contributed by atoms with Gasteiger partial charge in [-0.1, -0.05) is 0 Å². The summed E-state index contributed by atoms with van der Waals surface area (Å²) in [6.07, 6.45) is 0.620. The Balaban J connectivity index is 2.28. The first kappa shape index (κ1) is 13.6. The molecule has 0 saturated heterocycles. The highest BCUT2D eigenvalue weighted by Crippen LogP contribution is 2.29. The average Bonchev–Trinajstić information content (AvgIpc) is 2.75. The van der Waals surface area contributed by atoms with Crippen LogP contribution < -0.4 is 5.32 Å². The third-order valence-corrected chi connectivity index (χ3v) is 4.71. The summed E-state index contributed by atoms with van der Waals surface area (Å²) in [5.74, 6) is -0.805. The molecule has 0 aliphatic rings. The molecule has 5 heteroatoms. The second kappa shape index (κ2) is 5.91. The fourth-order valence-electron chi connectivity index (χ4n) is 1.81. The van der Waals surface area contributed by atoms with Crippen molar-refractivity contribution in [1.82, 2.24) is 5.32 Å². The molecule has 0 amide bonds. The van der Waals surface area contributed by atoms with E-state index in [0.717, 1.165) is 15.4 Å². The number of nitrogens with one attached hydrogen (secondary N) is 1. The first-order valence-corrected chi connectivity index (χ1v) is 7.13. The third-order valence-electron chi connectivity index (χ3n) is 2.76. The summed E-state index contributed by atoms with van der Waals surface area (Å²) in [4.78, 5) is 1.11. The van der Waals surface area contributed by atoms with Crippen molar-refractivity contribution in [2.24, 2.45) is 0 Å². The van der Waals surface area contributed by atoms with E-state index in [2.05, 4.69) is 21.2 Å². The van der Waals surface area contributed by atoms with E-state index in [-0.39, 0.29) is 11.9 Å². The second-order valence-corrected chi connectivity index (χ2v) is 5.76. The van der Waals surface area contributed by atoms with Gasteiger partial charge < -0.3 is 5.32 Å². The van der Waals surface area contributed by atoms with Crippen LogP contribution in [0.4, 0.5) is 8.78 Å². The smallest absolute Gasteiger partial charge is 0.128 e. The number of halogens is 3. The predicted octanol–water partition coefficient (Wildman–Crippen LogP) is 4.29. The molecule has 1 atom stereocenters. The molecule has 0 saturated carbocycles. The normalized spacial score (nSPS) is 12.7. The number of hydrogen-bond donors (Lipinski definition) is 1. The molecule has 0 aliphatic heterocycles. The molecule has 1 aromatic carbocycles. The predicted molar refractivity (Wildman–Crippen MR) is 73.9 cm³/mol. The molecular formula is C13H12BrF2NS. The Morgan fingerprint density at radius 2 is 2.11 bits per heavy atom. The van der Waals surface area contributed by atoms with Crippen LogP contribution in [0.1, 0.15) is 16.5 Å². The van der Waals surface area contributed by atoms with E-state index in [1.807, 2.05) is 11.4 Å². The maximum absolute atomic E-state index is 13.7. The third kappa shape index (κ3) is 2.96. The highest BCUT2D eigenvalue weighted by Gasteiger charge is 2.17. The van der Waals surface area contributed by atoms with E-state index in [1.54, 1.807) is 18.4 Å². The summed E-state index contributed by atoms with van der Waals surface area (Å²) < 4.78 is 27.9. The average molecular weight is 332 g/mol. The van der Waals surface area contributed by atoms with Gasteiger partial charge in [0.15, 0.2) is 0 Å². The Morgan fingerprint density at radius 1 is 1.33 bits per heavy atom. The lowest BCUT2D eigenvalue weighted by molar-refractivity contribution is 0.524. The SMILES string of the molecule is CNC(Cc1sccc1Br)c1cc(F)ccc1F. The summed E-state index contributed by atoms with van der Waals surface area (Å²) in [6, 6.07) is 5.26. The van der Waals surface area contributed by atoms with Gasteiger partial charge in [-0.05, 0) is 52.6 Å². The van der Waals surface area contributed by atoms with Gasteiger partial charge in [0.2, 0.25) is 0 Å². The second-order valence-electron chi connectivity index (χ2n) is 3.90. The van der Waals surface area contributed by atoms with Crippen molar-refractivity contribution >= 4 is 27.3 Å². The van der Waals surface area contributed by atoms with Crippen LogP contribution in [0.25, 0.3) is 0 Å². The lowest BCUT2D eigenvalue weighted by Crippen LogP contribution is -2.20. The monoisotopic (exact) mass is 331 g/mol. The molecule has 1 N–H and O–H groups in total. The van der Waals surface area contributed by atoms with Crippen LogP contribution in [0, 0.1) is 11.6 Å². The molecule has 2 aromatic rings. The quantitative estimate of drug-likeness (QED) is 0.881. The molecular weight excluding hydrogens is 320 g/mol. The van der Waals surface area contributed by atoms with Gasteiger partial charge in [-0.3, -0.25) is 0 Å². The first-order chi connectivity index (χ1) is 8.61. The van der Waals surface area contributed by atoms with Crippen LogP contribution in [0.3, 0.4) is 0 Å². The molecule has 1 nitrogen and oxygen atoms in total. The molecule has 0 radical (unpaired) electrons. The van der Waals surface area contributed by atoms with Gasteiger partial charge in [-0.25, -0.2) is 8.78 Å². The molecule has 1 aromatic heterocycles. The molecule has 0 spiro atoms. The van der Waals surface area contributed by atoms with E-state index in [4.69, 9.17) is 0 Å². The number of thiophene rings is 1. The summed E-state index contributed by atoms with van der Waals surface area (Å²) in [7, 11) is 1.75. The number of rotatable bonds is 4. The maximum atomic E-state index is 13.7. The minimum absolute atomic E-state index is 0.240. The lowest BCUT2D eigenvalue weighted by Gasteiger charge is -2.17. The zero-order chi connectivity index (χ0) is 13.1. The van der Waals surface area contributed by atoms with Gasteiger partial charge in [-0.15, -0.1) is 11.3 Å².